The summed E-state index contributed by atoms with van der Waals surface area (Å²) < 4.78 is 31.5. The first kappa shape index (κ1) is 23.4. The molecule has 9 heteroatoms. The van der Waals surface area contributed by atoms with Crippen molar-refractivity contribution in [3.8, 4) is 0 Å². The summed E-state index contributed by atoms with van der Waals surface area (Å²) in [4.78, 5) is 24.2. The summed E-state index contributed by atoms with van der Waals surface area (Å²) in [6, 6.07) is 15.0. The molecule has 0 aliphatic rings. The average Bonchev–Trinajstić information content (AvgIpc) is 2.72. The van der Waals surface area contributed by atoms with Gasteiger partial charge in [0.05, 0.1) is 24.7 Å². The van der Waals surface area contributed by atoms with E-state index in [4.69, 9.17) is 10.5 Å². The van der Waals surface area contributed by atoms with Gasteiger partial charge < -0.3 is 15.8 Å². The number of hydrogen-bond acceptors (Lipinski definition) is 5. The lowest BCUT2D eigenvalue weighted by atomic mass is 10.2. The van der Waals surface area contributed by atoms with Crippen molar-refractivity contribution in [2.45, 2.75) is 26.5 Å². The van der Waals surface area contributed by atoms with Crippen molar-refractivity contribution >= 4 is 27.5 Å². The summed E-state index contributed by atoms with van der Waals surface area (Å²) in [5, 5.41) is 2.47. The molecule has 2 rings (SSSR count). The number of benzene rings is 2. The van der Waals surface area contributed by atoms with Crippen LogP contribution in [-0.2, 0) is 31.0 Å². The third kappa shape index (κ3) is 6.85. The third-order valence-electron chi connectivity index (χ3n) is 4.38. The maximum atomic E-state index is 12.5. The number of carbonyl (C=O) groups excluding carboxylic acids is 2. The molecule has 3 N–H and O–H groups in total. The number of aryl methyl sites for hydroxylation is 1. The minimum atomic E-state index is -3.71. The molecular weight excluding hydrogens is 406 g/mol. The molecule has 0 bridgehead atoms. The number of anilines is 1. The highest BCUT2D eigenvalue weighted by Gasteiger charge is 2.26. The number of primary amides is 1. The van der Waals surface area contributed by atoms with Crippen molar-refractivity contribution in [3.05, 3.63) is 65.7 Å². The van der Waals surface area contributed by atoms with Crippen LogP contribution < -0.4 is 15.4 Å². The zero-order chi connectivity index (χ0) is 22.1. The fourth-order valence-electron chi connectivity index (χ4n) is 2.65. The predicted octanol–water partition coefficient (Wildman–Crippen LogP) is 1.34. The van der Waals surface area contributed by atoms with Gasteiger partial charge in [-0.15, -0.1) is 0 Å². The van der Waals surface area contributed by atoms with Crippen LogP contribution in [0.2, 0.25) is 0 Å². The smallest absolute Gasteiger partial charge is 0.242 e. The van der Waals surface area contributed by atoms with Gasteiger partial charge in [-0.05, 0) is 31.5 Å². The van der Waals surface area contributed by atoms with Gasteiger partial charge in [-0.3, -0.25) is 13.9 Å². The first-order valence-electron chi connectivity index (χ1n) is 9.50. The summed E-state index contributed by atoms with van der Waals surface area (Å²) >= 11 is 0. The molecule has 0 radical (unpaired) electrons. The maximum Gasteiger partial charge on any atom is 0.242 e. The molecule has 0 saturated carbocycles. The molecule has 2 amide bonds. The van der Waals surface area contributed by atoms with Gasteiger partial charge in [-0.25, -0.2) is 8.42 Å². The van der Waals surface area contributed by atoms with E-state index >= 15 is 0 Å². The second-order valence-corrected chi connectivity index (χ2v) is 8.95. The van der Waals surface area contributed by atoms with E-state index in [0.29, 0.717) is 5.69 Å². The van der Waals surface area contributed by atoms with Crippen LogP contribution in [0.25, 0.3) is 0 Å². The van der Waals surface area contributed by atoms with Crippen LogP contribution in [0.15, 0.2) is 54.6 Å². The largest absolute Gasteiger partial charge is 0.374 e. The standard InChI is InChI=1S/C21H27N3O5S/c1-3-30(27,28)24(18-11-9-16(2)10-12-18)13-20(25)23-19(21(22)26)15-29-14-17-7-5-4-6-8-17/h4-12,19H,3,13-15H2,1-2H3,(H2,22,26)(H,23,25). The molecule has 162 valence electrons. The van der Waals surface area contributed by atoms with Crippen LogP contribution in [0.4, 0.5) is 5.69 Å². The normalized spacial score (nSPS) is 12.2. The van der Waals surface area contributed by atoms with Crippen molar-refractivity contribution in [1.29, 1.82) is 0 Å². The molecule has 0 spiro atoms. The summed E-state index contributed by atoms with van der Waals surface area (Å²) in [6.45, 7) is 3.03. The molecule has 0 saturated heterocycles. The molecule has 0 aliphatic carbocycles. The fraction of sp³-hybridized carbons (Fsp3) is 0.333. The lowest BCUT2D eigenvalue weighted by Crippen LogP contribution is -2.51. The molecule has 1 atom stereocenters. The van der Waals surface area contributed by atoms with Crippen LogP contribution >= 0.6 is 0 Å². The third-order valence-corrected chi connectivity index (χ3v) is 6.13. The Hall–Kier alpha value is -2.91. The van der Waals surface area contributed by atoms with E-state index in [1.165, 1.54) is 6.92 Å². The Morgan fingerprint density at radius 2 is 1.73 bits per heavy atom. The summed E-state index contributed by atoms with van der Waals surface area (Å²) in [5.41, 5.74) is 7.61. The topological polar surface area (TPSA) is 119 Å². The van der Waals surface area contributed by atoms with Crippen molar-refractivity contribution in [2.75, 3.05) is 23.2 Å². The van der Waals surface area contributed by atoms with Crippen molar-refractivity contribution < 1.29 is 22.7 Å². The van der Waals surface area contributed by atoms with Gasteiger partial charge in [-0.2, -0.15) is 0 Å². The number of carbonyl (C=O) groups is 2. The molecule has 2 aromatic rings. The van der Waals surface area contributed by atoms with Crippen molar-refractivity contribution in [3.63, 3.8) is 0 Å². The van der Waals surface area contributed by atoms with Gasteiger partial charge in [-0.1, -0.05) is 48.0 Å². The fourth-order valence-corrected chi connectivity index (χ4v) is 3.72. The minimum Gasteiger partial charge on any atom is -0.374 e. The Kier molecular flexibility index (Phi) is 8.37. The van der Waals surface area contributed by atoms with Crippen LogP contribution in [0.5, 0.6) is 0 Å². The highest BCUT2D eigenvalue weighted by Crippen LogP contribution is 2.19. The molecular formula is C21H27N3O5S. The number of nitrogens with one attached hydrogen (secondary N) is 1. The van der Waals surface area contributed by atoms with E-state index in [1.807, 2.05) is 37.3 Å². The average molecular weight is 434 g/mol. The number of sulfonamides is 1. The molecule has 8 nitrogen and oxygen atoms in total. The summed E-state index contributed by atoms with van der Waals surface area (Å²) in [6.07, 6.45) is 0. The summed E-state index contributed by atoms with van der Waals surface area (Å²) in [5.74, 6) is -1.59. The number of amides is 2. The second-order valence-electron chi connectivity index (χ2n) is 6.77. The highest BCUT2D eigenvalue weighted by molar-refractivity contribution is 7.92. The van der Waals surface area contributed by atoms with Crippen LogP contribution in [0, 0.1) is 6.92 Å². The van der Waals surface area contributed by atoms with Crippen LogP contribution in [-0.4, -0.2) is 45.2 Å². The van der Waals surface area contributed by atoms with Gasteiger partial charge >= 0.3 is 0 Å². The predicted molar refractivity (Wildman–Crippen MR) is 115 cm³/mol. The zero-order valence-corrected chi connectivity index (χ0v) is 17.9. The van der Waals surface area contributed by atoms with E-state index in [1.54, 1.807) is 24.3 Å². The molecule has 0 heterocycles. The van der Waals surface area contributed by atoms with E-state index in [0.717, 1.165) is 15.4 Å². The van der Waals surface area contributed by atoms with E-state index in [-0.39, 0.29) is 19.0 Å². The Balaban J connectivity index is 2.03. The first-order chi connectivity index (χ1) is 14.2. The minimum absolute atomic E-state index is 0.124. The lowest BCUT2D eigenvalue weighted by Gasteiger charge is -2.24. The second kappa shape index (κ2) is 10.7. The Bertz CT molecular complexity index is 946. The molecule has 2 aromatic carbocycles. The van der Waals surface area contributed by atoms with Gasteiger partial charge in [0.2, 0.25) is 21.8 Å². The zero-order valence-electron chi connectivity index (χ0n) is 17.1. The number of rotatable bonds is 11. The highest BCUT2D eigenvalue weighted by atomic mass is 32.2. The van der Waals surface area contributed by atoms with E-state index < -0.39 is 34.4 Å². The lowest BCUT2D eigenvalue weighted by molar-refractivity contribution is -0.128. The molecule has 0 aliphatic heterocycles. The van der Waals surface area contributed by atoms with E-state index in [9.17, 15) is 18.0 Å². The SMILES string of the molecule is CCS(=O)(=O)N(CC(=O)NC(COCc1ccccc1)C(N)=O)c1ccc(C)cc1. The monoisotopic (exact) mass is 433 g/mol. The maximum absolute atomic E-state index is 12.5. The molecule has 0 fully saturated rings. The number of ether oxygens (including phenoxy) is 1. The quantitative estimate of drug-likeness (QED) is 0.554. The summed E-state index contributed by atoms with van der Waals surface area (Å²) in [7, 11) is -3.71. The number of nitrogens with two attached hydrogens (primary N) is 1. The Labute approximate surface area is 177 Å². The number of hydrogen-bond donors (Lipinski definition) is 2. The van der Waals surface area contributed by atoms with Gasteiger partial charge in [0.1, 0.15) is 12.6 Å². The Morgan fingerprint density at radius 1 is 1.10 bits per heavy atom. The van der Waals surface area contributed by atoms with Crippen molar-refractivity contribution in [1.82, 2.24) is 5.32 Å². The molecule has 30 heavy (non-hydrogen) atoms. The molecule has 1 unspecified atom stereocenters. The van der Waals surface area contributed by atoms with Gasteiger partial charge in [0, 0.05) is 0 Å². The number of nitrogens with zero attached hydrogens (tertiary/aromatic N) is 1. The van der Waals surface area contributed by atoms with Crippen LogP contribution in [0.1, 0.15) is 18.1 Å². The molecule has 0 aromatic heterocycles. The first-order valence-corrected chi connectivity index (χ1v) is 11.1. The van der Waals surface area contributed by atoms with Gasteiger partial charge in [0.25, 0.3) is 0 Å². The van der Waals surface area contributed by atoms with Crippen molar-refractivity contribution in [2.24, 2.45) is 5.73 Å². The van der Waals surface area contributed by atoms with Crippen LogP contribution in [0.3, 0.4) is 0 Å². The van der Waals surface area contributed by atoms with Gasteiger partial charge in [0.15, 0.2) is 0 Å². The Morgan fingerprint density at radius 3 is 2.30 bits per heavy atom. The van der Waals surface area contributed by atoms with E-state index in [2.05, 4.69) is 5.32 Å².